The number of aromatic nitrogens is 2. The monoisotopic (exact) mass is 534 g/mol. The van der Waals surface area contributed by atoms with Crippen molar-refractivity contribution in [1.29, 1.82) is 0 Å². The van der Waals surface area contributed by atoms with E-state index in [1.54, 1.807) is 30.9 Å². The summed E-state index contributed by atoms with van der Waals surface area (Å²) in [5, 5.41) is 3.62. The fourth-order valence-electron chi connectivity index (χ4n) is 7.57. The van der Waals surface area contributed by atoms with Crippen molar-refractivity contribution in [2.45, 2.75) is 52.0 Å². The van der Waals surface area contributed by atoms with Crippen LogP contribution in [0.3, 0.4) is 0 Å². The molecule has 6 nitrogen and oxygen atoms in total. The minimum atomic E-state index is -0.925. The SMILES string of the molecule is CC1C(CN2C(=O)C(Cc3ccncc3)(Cc3ccncc3)N/C2=C\C(=O)c2ccccc2)CC2CC1C2(C)C. The van der Waals surface area contributed by atoms with E-state index in [-0.39, 0.29) is 11.7 Å². The van der Waals surface area contributed by atoms with Gasteiger partial charge in [0.1, 0.15) is 11.4 Å². The summed E-state index contributed by atoms with van der Waals surface area (Å²) in [4.78, 5) is 38.3. The number of fused-ring (bicyclic) bond motifs is 2. The van der Waals surface area contributed by atoms with Crippen molar-refractivity contribution in [3.05, 3.63) is 108 Å². The third kappa shape index (κ3) is 4.74. The van der Waals surface area contributed by atoms with Gasteiger partial charge in [-0.15, -0.1) is 0 Å². The highest BCUT2D eigenvalue weighted by atomic mass is 16.2. The average molecular weight is 535 g/mol. The Morgan fingerprint density at radius 3 is 2.10 bits per heavy atom. The maximum absolute atomic E-state index is 14.6. The molecular formula is C34H38N4O2. The molecule has 206 valence electrons. The molecule has 40 heavy (non-hydrogen) atoms. The second-order valence-electron chi connectivity index (χ2n) is 12.7. The molecule has 7 rings (SSSR count). The quantitative estimate of drug-likeness (QED) is 0.306. The number of ketones is 1. The molecule has 1 saturated heterocycles. The van der Waals surface area contributed by atoms with Gasteiger partial charge in [-0.2, -0.15) is 0 Å². The second kappa shape index (κ2) is 10.3. The Bertz CT molecular complexity index is 1360. The summed E-state index contributed by atoms with van der Waals surface area (Å²) >= 11 is 0. The zero-order chi connectivity index (χ0) is 27.9. The first-order valence-corrected chi connectivity index (χ1v) is 14.5. The van der Waals surface area contributed by atoms with Gasteiger partial charge in [0.25, 0.3) is 5.91 Å². The summed E-state index contributed by atoms with van der Waals surface area (Å²) in [5.41, 5.74) is 2.10. The van der Waals surface area contributed by atoms with Crippen molar-refractivity contribution >= 4 is 11.7 Å². The van der Waals surface area contributed by atoms with Gasteiger partial charge in [-0.1, -0.05) is 51.1 Å². The molecular weight excluding hydrogens is 496 g/mol. The van der Waals surface area contributed by atoms with Crippen LogP contribution >= 0.6 is 0 Å². The van der Waals surface area contributed by atoms with E-state index in [0.29, 0.717) is 59.9 Å². The third-order valence-corrected chi connectivity index (χ3v) is 10.1. The molecule has 3 heterocycles. The molecule has 6 heteroatoms. The van der Waals surface area contributed by atoms with Gasteiger partial charge >= 0.3 is 0 Å². The van der Waals surface area contributed by atoms with Gasteiger partial charge in [-0.3, -0.25) is 24.5 Å². The first-order valence-electron chi connectivity index (χ1n) is 14.5. The van der Waals surface area contributed by atoms with Gasteiger partial charge in [0.05, 0.1) is 0 Å². The first kappa shape index (κ1) is 26.4. The van der Waals surface area contributed by atoms with Gasteiger partial charge in [-0.25, -0.2) is 0 Å². The minimum Gasteiger partial charge on any atom is -0.357 e. The number of carbonyl (C=O) groups is 2. The number of pyridine rings is 2. The van der Waals surface area contributed by atoms with E-state index in [1.165, 1.54) is 6.42 Å². The summed E-state index contributed by atoms with van der Waals surface area (Å²) in [6.07, 6.45) is 12.1. The van der Waals surface area contributed by atoms with E-state index in [1.807, 2.05) is 59.5 Å². The van der Waals surface area contributed by atoms with Gasteiger partial charge in [-0.05, 0) is 77.3 Å². The lowest BCUT2D eigenvalue weighted by Gasteiger charge is -2.62. The van der Waals surface area contributed by atoms with Crippen molar-refractivity contribution in [2.24, 2.45) is 29.1 Å². The Hall–Kier alpha value is -3.80. The summed E-state index contributed by atoms with van der Waals surface area (Å²) in [6.45, 7) is 7.79. The molecule has 1 N–H and O–H groups in total. The average Bonchev–Trinajstić information content (AvgIpc) is 3.20. The van der Waals surface area contributed by atoms with E-state index in [9.17, 15) is 9.59 Å². The predicted molar refractivity (Wildman–Crippen MR) is 155 cm³/mol. The molecule has 0 spiro atoms. The van der Waals surface area contributed by atoms with Crippen molar-refractivity contribution in [2.75, 3.05) is 6.54 Å². The number of hydrogen-bond acceptors (Lipinski definition) is 5. The number of hydrogen-bond donors (Lipinski definition) is 1. The third-order valence-electron chi connectivity index (χ3n) is 10.1. The van der Waals surface area contributed by atoms with E-state index in [2.05, 4.69) is 36.1 Å². The standard InChI is InChI=1S/C34H38N4O2/c1-23-27(17-28-18-29(23)33(28,2)3)22-38-31(19-30(39)26-7-5-4-6-8-26)37-34(32(38)40,20-24-9-13-35-14-10-24)21-25-11-15-36-16-12-25/h4-16,19,23,27-29,37H,17-18,20-22H2,1-3H3/b31-19+. The van der Waals surface area contributed by atoms with Crippen LogP contribution in [0.4, 0.5) is 0 Å². The van der Waals surface area contributed by atoms with Gasteiger partial charge in [0.15, 0.2) is 5.78 Å². The van der Waals surface area contributed by atoms with Crippen LogP contribution in [0.15, 0.2) is 91.3 Å². The van der Waals surface area contributed by atoms with E-state index >= 15 is 0 Å². The number of rotatable bonds is 8. The van der Waals surface area contributed by atoms with Crippen LogP contribution in [0.25, 0.3) is 0 Å². The fraction of sp³-hybridized carbons (Fsp3) is 0.412. The van der Waals surface area contributed by atoms with E-state index in [4.69, 9.17) is 0 Å². The number of carbonyl (C=O) groups excluding carboxylic acids is 2. The van der Waals surface area contributed by atoms with Gasteiger partial charge < -0.3 is 5.32 Å². The summed E-state index contributed by atoms with van der Waals surface area (Å²) < 4.78 is 0. The fourth-order valence-corrected chi connectivity index (χ4v) is 7.57. The molecule has 4 atom stereocenters. The zero-order valence-corrected chi connectivity index (χ0v) is 23.6. The number of amides is 1. The smallest absolute Gasteiger partial charge is 0.254 e. The van der Waals surface area contributed by atoms with Crippen LogP contribution in [-0.4, -0.2) is 38.6 Å². The van der Waals surface area contributed by atoms with E-state index < -0.39 is 5.54 Å². The van der Waals surface area contributed by atoms with Crippen molar-refractivity contribution in [3.63, 3.8) is 0 Å². The second-order valence-corrected chi connectivity index (χ2v) is 12.7. The Labute approximate surface area is 236 Å². The van der Waals surface area contributed by atoms with Crippen LogP contribution in [-0.2, 0) is 17.6 Å². The maximum atomic E-state index is 14.6. The largest absolute Gasteiger partial charge is 0.357 e. The summed E-state index contributed by atoms with van der Waals surface area (Å²) in [7, 11) is 0. The van der Waals surface area contributed by atoms with Gasteiger partial charge in [0.2, 0.25) is 0 Å². The number of nitrogens with one attached hydrogen (secondary N) is 1. The van der Waals surface area contributed by atoms with E-state index in [0.717, 1.165) is 17.5 Å². The van der Waals surface area contributed by atoms with Crippen LogP contribution in [0, 0.1) is 29.1 Å². The Kier molecular flexibility index (Phi) is 6.81. The first-order chi connectivity index (χ1) is 19.3. The Morgan fingerprint density at radius 2 is 1.55 bits per heavy atom. The molecule has 4 fully saturated rings. The molecule has 4 unspecified atom stereocenters. The predicted octanol–water partition coefficient (Wildman–Crippen LogP) is 5.48. The lowest BCUT2D eigenvalue weighted by atomic mass is 9.43. The number of allylic oxidation sites excluding steroid dienone is 1. The number of nitrogens with zero attached hydrogens (tertiary/aromatic N) is 3. The highest BCUT2D eigenvalue weighted by Gasteiger charge is 2.57. The minimum absolute atomic E-state index is 0.0268. The molecule has 2 aromatic heterocycles. The maximum Gasteiger partial charge on any atom is 0.254 e. The van der Waals surface area contributed by atoms with Gasteiger partial charge in [0, 0.05) is 55.8 Å². The normalized spacial score (nSPS) is 27.2. The molecule has 4 aliphatic rings. The molecule has 3 saturated carbocycles. The van der Waals surface area contributed by atoms with Crippen molar-refractivity contribution in [1.82, 2.24) is 20.2 Å². The highest BCUT2D eigenvalue weighted by molar-refractivity contribution is 6.06. The summed E-state index contributed by atoms with van der Waals surface area (Å²) in [5.74, 6) is 2.82. The molecule has 1 aliphatic heterocycles. The topological polar surface area (TPSA) is 75.2 Å². The van der Waals surface area contributed by atoms with Crippen molar-refractivity contribution < 1.29 is 9.59 Å². The summed E-state index contributed by atoms with van der Waals surface area (Å²) in [6, 6.07) is 17.1. The van der Waals surface area contributed by atoms with Crippen LogP contribution in [0.1, 0.15) is 55.1 Å². The molecule has 1 amide bonds. The van der Waals surface area contributed by atoms with Crippen molar-refractivity contribution in [3.8, 4) is 0 Å². The Morgan fingerprint density at radius 1 is 0.950 bits per heavy atom. The lowest BCUT2D eigenvalue weighted by molar-refractivity contribution is -0.142. The molecule has 0 radical (unpaired) electrons. The van der Waals surface area contributed by atoms with Crippen LogP contribution in [0.5, 0.6) is 0 Å². The Balaban J connectivity index is 1.38. The lowest BCUT2D eigenvalue weighted by Crippen LogP contribution is -2.57. The molecule has 3 aromatic rings. The molecule has 3 aliphatic carbocycles. The highest BCUT2D eigenvalue weighted by Crippen LogP contribution is 2.63. The molecule has 2 bridgehead atoms. The zero-order valence-electron chi connectivity index (χ0n) is 23.6. The van der Waals surface area contributed by atoms with Crippen LogP contribution in [0.2, 0.25) is 0 Å². The van der Waals surface area contributed by atoms with Crippen LogP contribution < -0.4 is 5.32 Å². The number of benzene rings is 1. The molecule has 1 aromatic carbocycles.